The van der Waals surface area contributed by atoms with E-state index in [1.165, 1.54) is 12.1 Å². The van der Waals surface area contributed by atoms with Crippen LogP contribution in [0, 0.1) is 0 Å². The Morgan fingerprint density at radius 2 is 1.00 bits per heavy atom. The van der Waals surface area contributed by atoms with Gasteiger partial charge in [-0.25, -0.2) is 0 Å². The van der Waals surface area contributed by atoms with Gasteiger partial charge in [-0.1, -0.05) is 0 Å². The summed E-state index contributed by atoms with van der Waals surface area (Å²) in [4.78, 5) is 5.13. The van der Waals surface area contributed by atoms with Crippen LogP contribution in [-0.2, 0) is 26.3 Å². The molecule has 3 aromatic rings. The van der Waals surface area contributed by atoms with E-state index in [-0.39, 0.29) is 20.2 Å². The van der Waals surface area contributed by atoms with Crippen LogP contribution in [0.15, 0.2) is 34.1 Å². The average molecular weight is 678 g/mol. The van der Waals surface area contributed by atoms with Gasteiger partial charge in [0.05, 0.1) is 0 Å². The molecule has 0 aliphatic carbocycles. The SMILES string of the molecule is [CH3][Sb]([CH3])(=[O])[c]1ccc(S(=O)(=O)O)c2c1sc1[c]([Sb]([CH3])([CH3])=[O])ccc(S(=O)(=O)O)c12. The quantitative estimate of drug-likeness (QED) is 0.316. The second-order valence-electron chi connectivity index (χ2n) is 7.33. The predicted octanol–water partition coefficient (Wildman–Crippen LogP) is 2.23. The van der Waals surface area contributed by atoms with Crippen LogP contribution in [0.2, 0.25) is 19.5 Å². The summed E-state index contributed by atoms with van der Waals surface area (Å²) in [7, 11) is -9.55. The Morgan fingerprint density at radius 3 is 1.24 bits per heavy atom. The van der Waals surface area contributed by atoms with Gasteiger partial charge in [0, 0.05) is 0 Å². The van der Waals surface area contributed by atoms with Crippen LogP contribution in [0.5, 0.6) is 0 Å². The third kappa shape index (κ3) is 4.24. The Kier molecular flexibility index (Phi) is 5.74. The Labute approximate surface area is 180 Å². The second-order valence-corrected chi connectivity index (χ2v) is 29.3. The van der Waals surface area contributed by atoms with Crippen molar-refractivity contribution in [2.45, 2.75) is 29.3 Å². The van der Waals surface area contributed by atoms with Gasteiger partial charge in [-0.2, -0.15) is 0 Å². The Morgan fingerprint density at radius 1 is 0.690 bits per heavy atom. The molecule has 0 saturated heterocycles. The van der Waals surface area contributed by atoms with E-state index in [2.05, 4.69) is 0 Å². The van der Waals surface area contributed by atoms with Crippen molar-refractivity contribution in [2.75, 3.05) is 0 Å². The molecule has 0 amide bonds. The summed E-state index contributed by atoms with van der Waals surface area (Å²) >= 11 is -6.93. The van der Waals surface area contributed by atoms with E-state index in [1.807, 2.05) is 0 Å². The summed E-state index contributed by atoms with van der Waals surface area (Å²) in [5.41, 5.74) is 0. The fraction of sp³-hybridized carbons (Fsp3) is 0.250. The van der Waals surface area contributed by atoms with Gasteiger partial charge in [-0.15, -0.1) is 0 Å². The molecule has 0 saturated carbocycles. The van der Waals surface area contributed by atoms with E-state index < -0.39 is 67.6 Å². The van der Waals surface area contributed by atoms with Crippen molar-refractivity contribution in [2.24, 2.45) is 0 Å². The molecule has 8 nitrogen and oxygen atoms in total. The molecule has 2 aromatic carbocycles. The summed E-state index contributed by atoms with van der Waals surface area (Å²) in [6.45, 7) is 0. The van der Waals surface area contributed by atoms with E-state index in [0.29, 0.717) is 7.02 Å². The Bertz CT molecular complexity index is 1380. The predicted molar refractivity (Wildman–Crippen MR) is 115 cm³/mol. The van der Waals surface area contributed by atoms with Crippen LogP contribution in [0.25, 0.3) is 20.2 Å². The van der Waals surface area contributed by atoms with Crippen molar-refractivity contribution in [3.05, 3.63) is 24.3 Å². The third-order valence-corrected chi connectivity index (χ3v) is 17.1. The molecule has 2 N–H and O–H groups in total. The molecule has 0 radical (unpaired) electrons. The topological polar surface area (TPSA) is 143 Å². The molecule has 0 spiro atoms. The van der Waals surface area contributed by atoms with Gasteiger partial charge in [0.2, 0.25) is 0 Å². The van der Waals surface area contributed by atoms with E-state index in [4.69, 9.17) is 0 Å². The molecular weight excluding hydrogens is 660 g/mol. The van der Waals surface area contributed by atoms with Gasteiger partial charge in [0.15, 0.2) is 0 Å². The number of hydrogen-bond acceptors (Lipinski definition) is 7. The molecule has 158 valence electrons. The molecule has 29 heavy (non-hydrogen) atoms. The van der Waals surface area contributed by atoms with Gasteiger partial charge >= 0.3 is 182 Å². The summed E-state index contributed by atoms with van der Waals surface area (Å²) < 4.78 is 94.6. The number of fused-ring (bicyclic) bond motifs is 3. The maximum absolute atomic E-state index is 12.9. The zero-order valence-corrected chi connectivity index (χ0v) is 23.3. The van der Waals surface area contributed by atoms with Crippen molar-refractivity contribution >= 4 is 96.4 Å². The number of hydrogen-bond donors (Lipinski definition) is 2. The van der Waals surface area contributed by atoms with E-state index >= 15 is 0 Å². The maximum atomic E-state index is 12.9. The fourth-order valence-corrected chi connectivity index (χ4v) is 15.5. The average Bonchev–Trinajstić information content (AvgIpc) is 2.88. The molecule has 0 fully saturated rings. The fourth-order valence-electron chi connectivity index (χ4n) is 3.17. The summed E-state index contributed by atoms with van der Waals surface area (Å²) in [6, 6.07) is 4.88. The number of benzene rings is 2. The molecule has 0 unspecified atom stereocenters. The normalized spacial score (nSPS) is 14.0. The first-order valence-electron chi connectivity index (χ1n) is 8.02. The molecule has 0 aliphatic heterocycles. The van der Waals surface area contributed by atoms with E-state index in [0.717, 1.165) is 23.5 Å². The van der Waals surface area contributed by atoms with Gasteiger partial charge in [0.1, 0.15) is 0 Å². The molecule has 1 heterocycles. The zero-order valence-electron chi connectivity index (χ0n) is 15.8. The molecule has 0 atom stereocenters. The van der Waals surface area contributed by atoms with Crippen molar-refractivity contribution in [1.29, 1.82) is 0 Å². The van der Waals surface area contributed by atoms with E-state index in [9.17, 15) is 32.0 Å². The first kappa shape index (κ1) is 23.4. The van der Waals surface area contributed by atoms with E-state index in [1.54, 1.807) is 19.5 Å². The van der Waals surface area contributed by atoms with Gasteiger partial charge < -0.3 is 0 Å². The molecular formula is C16H18O8S3Sb2. The third-order valence-electron chi connectivity index (χ3n) is 4.37. The van der Waals surface area contributed by atoms with Gasteiger partial charge in [0.25, 0.3) is 0 Å². The van der Waals surface area contributed by atoms with Gasteiger partial charge in [-0.3, -0.25) is 0 Å². The van der Waals surface area contributed by atoms with Crippen molar-refractivity contribution in [3.8, 4) is 0 Å². The van der Waals surface area contributed by atoms with Crippen LogP contribution in [0.3, 0.4) is 0 Å². The van der Waals surface area contributed by atoms with Crippen LogP contribution >= 0.6 is 11.3 Å². The monoisotopic (exact) mass is 676 g/mol. The summed E-state index contributed by atoms with van der Waals surface area (Å²) in [5.74, 6) is 0. The Hall–Kier alpha value is -0.284. The van der Waals surface area contributed by atoms with Crippen LogP contribution < -0.4 is 7.02 Å². The van der Waals surface area contributed by atoms with Crippen LogP contribution in [0.4, 0.5) is 0 Å². The molecule has 3 rings (SSSR count). The molecule has 0 bridgehead atoms. The van der Waals surface area contributed by atoms with Crippen molar-refractivity contribution in [3.63, 3.8) is 0 Å². The molecule has 13 heteroatoms. The van der Waals surface area contributed by atoms with Crippen molar-refractivity contribution in [1.82, 2.24) is 0 Å². The molecule has 0 aliphatic rings. The first-order valence-corrected chi connectivity index (χ1v) is 26.6. The first-order chi connectivity index (χ1) is 12.9. The minimum atomic E-state index is -4.78. The molecule has 1 aromatic heterocycles. The number of thiophene rings is 1. The standard InChI is InChI=1S/C12H6O6S3.4CH3.2O.2Sb/c13-20(14,15)9-5-1-3-7-11(9)12-8(19-7)4-2-6-10(12)21(16,17)18;;;;;;;;/h1-2,5-6H,(H,13,14,15)(H,16,17,18);4*1H3;;;;. The van der Waals surface area contributed by atoms with Gasteiger partial charge in [-0.05, 0) is 0 Å². The van der Waals surface area contributed by atoms with Crippen LogP contribution in [-0.4, -0.2) is 63.5 Å². The minimum absolute atomic E-state index is 0.133. The number of rotatable bonds is 4. The second kappa shape index (κ2) is 7.12. The summed E-state index contributed by atoms with van der Waals surface area (Å²) in [5, 5.41) is -0.266. The van der Waals surface area contributed by atoms with Crippen LogP contribution in [0.1, 0.15) is 0 Å². The summed E-state index contributed by atoms with van der Waals surface area (Å²) in [6.07, 6.45) is 0. The Balaban J connectivity index is 2.83. The zero-order chi connectivity index (χ0) is 22.2. The van der Waals surface area contributed by atoms with Crippen molar-refractivity contribution < 1.29 is 32.0 Å².